The normalized spacial score (nSPS) is 21.4. The molecule has 2 atom stereocenters. The van der Waals surface area contributed by atoms with Crippen LogP contribution in [-0.4, -0.2) is 29.3 Å². The van der Waals surface area contributed by atoms with Crippen molar-refractivity contribution in [2.45, 2.75) is 18.7 Å². The lowest BCUT2D eigenvalue weighted by molar-refractivity contribution is -0.139. The number of ether oxygens (including phenoxy) is 1. The second-order valence-electron chi connectivity index (χ2n) is 4.50. The van der Waals surface area contributed by atoms with Crippen LogP contribution in [0, 0.1) is 5.92 Å². The van der Waals surface area contributed by atoms with E-state index in [0.717, 1.165) is 24.0 Å². The van der Waals surface area contributed by atoms with E-state index in [9.17, 15) is 18.3 Å². The molecule has 106 valence electrons. The summed E-state index contributed by atoms with van der Waals surface area (Å²) < 4.78 is 43.3. The average Bonchev–Trinajstić information content (AvgIpc) is 2.89. The number of rotatable bonds is 4. The fourth-order valence-electron chi connectivity index (χ4n) is 1.99. The van der Waals surface area contributed by atoms with E-state index in [-0.39, 0.29) is 18.3 Å². The second-order valence-corrected chi connectivity index (χ2v) is 5.65. The summed E-state index contributed by atoms with van der Waals surface area (Å²) in [4.78, 5) is 0. The molecule has 0 amide bonds. The third kappa shape index (κ3) is 3.79. The number of alkyl halides is 3. The van der Waals surface area contributed by atoms with Crippen molar-refractivity contribution in [2.24, 2.45) is 5.92 Å². The van der Waals surface area contributed by atoms with Crippen LogP contribution in [0.25, 0.3) is 0 Å². The lowest BCUT2D eigenvalue weighted by atomic mass is 10.0. The first kappa shape index (κ1) is 14.5. The van der Waals surface area contributed by atoms with E-state index in [4.69, 9.17) is 4.74 Å². The van der Waals surface area contributed by atoms with Gasteiger partial charge in [0.1, 0.15) is 12.4 Å². The molecule has 19 heavy (non-hydrogen) atoms. The SMILES string of the molecule is OC(COc1ccccc1C(F)(F)F)C1CCSC1. The fraction of sp³-hybridized carbons (Fsp3) is 0.538. The highest BCUT2D eigenvalue weighted by Crippen LogP contribution is 2.36. The largest absolute Gasteiger partial charge is 0.490 e. The Kier molecular flexibility index (Phi) is 4.62. The van der Waals surface area contributed by atoms with Crippen molar-refractivity contribution < 1.29 is 23.0 Å². The molecular weight excluding hydrogens is 277 g/mol. The molecule has 1 aromatic carbocycles. The molecule has 1 fully saturated rings. The Morgan fingerprint density at radius 1 is 1.37 bits per heavy atom. The zero-order valence-corrected chi connectivity index (χ0v) is 11.0. The van der Waals surface area contributed by atoms with Gasteiger partial charge in [0, 0.05) is 0 Å². The number of aliphatic hydroxyl groups excluding tert-OH is 1. The molecule has 2 unspecified atom stereocenters. The third-order valence-corrected chi connectivity index (χ3v) is 4.30. The predicted octanol–water partition coefficient (Wildman–Crippen LogP) is 3.20. The van der Waals surface area contributed by atoms with Gasteiger partial charge in [-0.1, -0.05) is 12.1 Å². The van der Waals surface area contributed by atoms with Crippen molar-refractivity contribution in [2.75, 3.05) is 18.1 Å². The Hall–Kier alpha value is -0.880. The number of aliphatic hydroxyl groups is 1. The smallest absolute Gasteiger partial charge is 0.419 e. The Labute approximate surface area is 114 Å². The number of hydrogen-bond acceptors (Lipinski definition) is 3. The summed E-state index contributed by atoms with van der Waals surface area (Å²) in [6.07, 6.45) is -4.27. The first-order chi connectivity index (χ1) is 8.98. The van der Waals surface area contributed by atoms with E-state index in [2.05, 4.69) is 0 Å². The van der Waals surface area contributed by atoms with Crippen LogP contribution >= 0.6 is 11.8 Å². The summed E-state index contributed by atoms with van der Waals surface area (Å²) in [6.45, 7) is -0.0989. The van der Waals surface area contributed by atoms with Crippen LogP contribution in [0.1, 0.15) is 12.0 Å². The number of para-hydroxylation sites is 1. The van der Waals surface area contributed by atoms with E-state index in [1.54, 1.807) is 11.8 Å². The summed E-state index contributed by atoms with van der Waals surface area (Å²) >= 11 is 1.74. The van der Waals surface area contributed by atoms with Gasteiger partial charge in [0.25, 0.3) is 0 Å². The zero-order chi connectivity index (χ0) is 13.9. The number of thioether (sulfide) groups is 1. The van der Waals surface area contributed by atoms with Crippen LogP contribution in [-0.2, 0) is 6.18 Å². The molecule has 1 aliphatic heterocycles. The van der Waals surface area contributed by atoms with E-state index in [1.165, 1.54) is 18.2 Å². The van der Waals surface area contributed by atoms with Gasteiger partial charge >= 0.3 is 6.18 Å². The van der Waals surface area contributed by atoms with Gasteiger partial charge in [0.15, 0.2) is 0 Å². The van der Waals surface area contributed by atoms with Crippen molar-refractivity contribution in [3.05, 3.63) is 29.8 Å². The van der Waals surface area contributed by atoms with Gasteiger partial charge in [0.05, 0.1) is 11.7 Å². The van der Waals surface area contributed by atoms with Crippen molar-refractivity contribution >= 4 is 11.8 Å². The standard InChI is InChI=1S/C13H15F3O2S/c14-13(15,16)10-3-1-2-4-12(10)18-7-11(17)9-5-6-19-8-9/h1-4,9,11,17H,5-8H2. The van der Waals surface area contributed by atoms with E-state index < -0.39 is 17.8 Å². The Balaban J connectivity index is 1.99. The van der Waals surface area contributed by atoms with Crippen molar-refractivity contribution in [3.8, 4) is 5.75 Å². The lowest BCUT2D eigenvalue weighted by Crippen LogP contribution is -2.27. The molecular formula is C13H15F3O2S. The van der Waals surface area contributed by atoms with Gasteiger partial charge in [-0.15, -0.1) is 0 Å². The second kappa shape index (κ2) is 6.05. The van der Waals surface area contributed by atoms with Crippen molar-refractivity contribution in [1.29, 1.82) is 0 Å². The van der Waals surface area contributed by atoms with Gasteiger partial charge < -0.3 is 9.84 Å². The van der Waals surface area contributed by atoms with Crippen molar-refractivity contribution in [1.82, 2.24) is 0 Å². The molecule has 0 aliphatic carbocycles. The van der Waals surface area contributed by atoms with E-state index in [0.29, 0.717) is 0 Å². The summed E-state index contributed by atoms with van der Waals surface area (Å²) in [5, 5.41) is 9.88. The lowest BCUT2D eigenvalue weighted by Gasteiger charge is -2.19. The molecule has 0 bridgehead atoms. The highest BCUT2D eigenvalue weighted by molar-refractivity contribution is 7.99. The molecule has 1 aliphatic rings. The Morgan fingerprint density at radius 2 is 2.11 bits per heavy atom. The highest BCUT2D eigenvalue weighted by atomic mass is 32.2. The van der Waals surface area contributed by atoms with Crippen LogP contribution in [0.2, 0.25) is 0 Å². The Morgan fingerprint density at radius 3 is 2.74 bits per heavy atom. The molecule has 2 rings (SSSR count). The molecule has 1 aromatic rings. The maximum absolute atomic E-state index is 12.7. The first-order valence-corrected chi connectivity index (χ1v) is 7.19. The number of halogens is 3. The molecule has 1 N–H and O–H groups in total. The quantitative estimate of drug-likeness (QED) is 0.924. The highest BCUT2D eigenvalue weighted by Gasteiger charge is 2.34. The minimum atomic E-state index is -4.44. The van der Waals surface area contributed by atoms with Crippen LogP contribution < -0.4 is 4.74 Å². The minimum absolute atomic E-state index is 0.0989. The third-order valence-electron chi connectivity index (χ3n) is 3.11. The topological polar surface area (TPSA) is 29.5 Å². The van der Waals surface area contributed by atoms with Crippen molar-refractivity contribution in [3.63, 3.8) is 0 Å². The van der Waals surface area contributed by atoms with Gasteiger partial charge in [-0.05, 0) is 36.0 Å². The molecule has 0 spiro atoms. The van der Waals surface area contributed by atoms with Crippen LogP contribution in [0.3, 0.4) is 0 Å². The van der Waals surface area contributed by atoms with Crippen LogP contribution in [0.15, 0.2) is 24.3 Å². The summed E-state index contributed by atoms with van der Waals surface area (Å²) in [5.41, 5.74) is -0.803. The predicted molar refractivity (Wildman–Crippen MR) is 68.4 cm³/mol. The fourth-order valence-corrected chi connectivity index (χ4v) is 3.32. The molecule has 1 heterocycles. The van der Waals surface area contributed by atoms with Gasteiger partial charge in [-0.25, -0.2) is 0 Å². The minimum Gasteiger partial charge on any atom is -0.490 e. The molecule has 0 saturated carbocycles. The van der Waals surface area contributed by atoms with E-state index >= 15 is 0 Å². The maximum Gasteiger partial charge on any atom is 0.419 e. The van der Waals surface area contributed by atoms with Gasteiger partial charge in [-0.2, -0.15) is 24.9 Å². The van der Waals surface area contributed by atoms with Crippen LogP contribution in [0.4, 0.5) is 13.2 Å². The number of benzene rings is 1. The van der Waals surface area contributed by atoms with Crippen LogP contribution in [0.5, 0.6) is 5.75 Å². The monoisotopic (exact) mass is 292 g/mol. The summed E-state index contributed by atoms with van der Waals surface area (Å²) in [7, 11) is 0. The molecule has 0 radical (unpaired) electrons. The summed E-state index contributed by atoms with van der Waals surface area (Å²) in [5.74, 6) is 1.72. The van der Waals surface area contributed by atoms with Gasteiger partial charge in [0.2, 0.25) is 0 Å². The molecule has 1 saturated heterocycles. The van der Waals surface area contributed by atoms with E-state index in [1.807, 2.05) is 0 Å². The average molecular weight is 292 g/mol. The molecule has 0 aromatic heterocycles. The van der Waals surface area contributed by atoms with Gasteiger partial charge in [-0.3, -0.25) is 0 Å². The maximum atomic E-state index is 12.7. The summed E-state index contributed by atoms with van der Waals surface area (Å²) in [6, 6.07) is 5.06. The first-order valence-electron chi connectivity index (χ1n) is 6.03. The molecule has 2 nitrogen and oxygen atoms in total. The Bertz CT molecular complexity index is 417. The zero-order valence-electron chi connectivity index (χ0n) is 10.2. The number of hydrogen-bond donors (Lipinski definition) is 1. The molecule has 6 heteroatoms.